The summed E-state index contributed by atoms with van der Waals surface area (Å²) < 4.78 is 29.0. The van der Waals surface area contributed by atoms with E-state index in [1.165, 1.54) is 0 Å². The molecule has 0 aliphatic heterocycles. The standard InChI is InChI=1S/C23H27N3O3S/c1-17-13-14-22(20-11-6-5-10-19(17)20)30(28,29)26-21(12-7-15-24)23(27)25-16-18-8-3-2-4-9-18/h2-6,8-11,13-14,21,26H,7,12,15-16,24H2,1H3,(H,25,27). The zero-order valence-corrected chi connectivity index (χ0v) is 17.8. The van der Waals surface area contributed by atoms with Gasteiger partial charge in [0.25, 0.3) is 0 Å². The zero-order valence-electron chi connectivity index (χ0n) is 17.0. The molecule has 158 valence electrons. The SMILES string of the molecule is Cc1ccc(S(=O)(=O)NC(CCCN)C(=O)NCc2ccccc2)c2ccccc12. The lowest BCUT2D eigenvalue weighted by Crippen LogP contribution is -2.46. The topological polar surface area (TPSA) is 101 Å². The van der Waals surface area contributed by atoms with Gasteiger partial charge in [-0.05, 0) is 48.9 Å². The van der Waals surface area contributed by atoms with Gasteiger partial charge < -0.3 is 11.1 Å². The van der Waals surface area contributed by atoms with E-state index in [9.17, 15) is 13.2 Å². The largest absolute Gasteiger partial charge is 0.351 e. The number of hydrogen-bond acceptors (Lipinski definition) is 4. The number of benzene rings is 3. The van der Waals surface area contributed by atoms with Crippen LogP contribution in [0.2, 0.25) is 0 Å². The molecule has 0 spiro atoms. The van der Waals surface area contributed by atoms with E-state index >= 15 is 0 Å². The van der Waals surface area contributed by atoms with E-state index in [0.717, 1.165) is 16.5 Å². The first-order valence-electron chi connectivity index (χ1n) is 9.95. The van der Waals surface area contributed by atoms with Crippen LogP contribution in [0.4, 0.5) is 0 Å². The Morgan fingerprint density at radius 2 is 1.63 bits per heavy atom. The second-order valence-electron chi connectivity index (χ2n) is 7.23. The molecule has 3 aromatic carbocycles. The summed E-state index contributed by atoms with van der Waals surface area (Å²) in [4.78, 5) is 12.9. The highest BCUT2D eigenvalue weighted by molar-refractivity contribution is 7.89. The Kier molecular flexibility index (Phi) is 7.20. The molecule has 0 aromatic heterocycles. The molecule has 0 bridgehead atoms. The van der Waals surface area contributed by atoms with E-state index in [4.69, 9.17) is 5.73 Å². The fraction of sp³-hybridized carbons (Fsp3) is 0.261. The lowest BCUT2D eigenvalue weighted by Gasteiger charge is -2.19. The minimum atomic E-state index is -3.91. The van der Waals surface area contributed by atoms with Gasteiger partial charge in [-0.1, -0.05) is 60.7 Å². The van der Waals surface area contributed by atoms with Gasteiger partial charge in [0, 0.05) is 11.9 Å². The second-order valence-corrected chi connectivity index (χ2v) is 8.92. The number of nitrogens with one attached hydrogen (secondary N) is 2. The monoisotopic (exact) mass is 425 g/mol. The third-order valence-electron chi connectivity index (χ3n) is 5.01. The molecule has 1 unspecified atom stereocenters. The Hall–Kier alpha value is -2.74. The molecule has 0 fully saturated rings. The number of fused-ring (bicyclic) bond motifs is 1. The maximum Gasteiger partial charge on any atom is 0.241 e. The van der Waals surface area contributed by atoms with Gasteiger partial charge in [0.1, 0.15) is 6.04 Å². The van der Waals surface area contributed by atoms with Crippen molar-refractivity contribution < 1.29 is 13.2 Å². The average Bonchev–Trinajstić information content (AvgIpc) is 2.76. The van der Waals surface area contributed by atoms with Crippen molar-refractivity contribution in [2.45, 2.75) is 37.2 Å². The van der Waals surface area contributed by atoms with Crippen LogP contribution in [-0.2, 0) is 21.4 Å². The lowest BCUT2D eigenvalue weighted by atomic mass is 10.1. The van der Waals surface area contributed by atoms with Gasteiger partial charge >= 0.3 is 0 Å². The number of hydrogen-bond donors (Lipinski definition) is 3. The van der Waals surface area contributed by atoms with E-state index in [-0.39, 0.29) is 10.8 Å². The third kappa shape index (κ3) is 5.24. The second kappa shape index (κ2) is 9.84. The molecule has 30 heavy (non-hydrogen) atoms. The van der Waals surface area contributed by atoms with Gasteiger partial charge in [0.15, 0.2) is 0 Å². The summed E-state index contributed by atoms with van der Waals surface area (Å²) in [6, 6.07) is 19.3. The summed E-state index contributed by atoms with van der Waals surface area (Å²) in [5.41, 5.74) is 7.53. The van der Waals surface area contributed by atoms with Crippen molar-refractivity contribution in [1.29, 1.82) is 0 Å². The first-order valence-corrected chi connectivity index (χ1v) is 11.4. The predicted molar refractivity (Wildman–Crippen MR) is 119 cm³/mol. The summed E-state index contributed by atoms with van der Waals surface area (Å²) in [5, 5.41) is 4.32. The molecule has 1 atom stereocenters. The molecule has 3 aromatic rings. The summed E-state index contributed by atoms with van der Waals surface area (Å²) in [6.45, 7) is 2.64. The van der Waals surface area contributed by atoms with E-state index in [2.05, 4.69) is 10.0 Å². The molecule has 0 heterocycles. The van der Waals surface area contributed by atoms with Crippen LogP contribution in [0.15, 0.2) is 71.6 Å². The van der Waals surface area contributed by atoms with Crippen molar-refractivity contribution in [3.8, 4) is 0 Å². The summed E-state index contributed by atoms with van der Waals surface area (Å²) in [5.74, 6) is -0.368. The Morgan fingerprint density at radius 1 is 0.967 bits per heavy atom. The van der Waals surface area contributed by atoms with E-state index < -0.39 is 16.1 Å². The molecule has 0 radical (unpaired) electrons. The molecule has 1 amide bonds. The zero-order chi connectivity index (χ0) is 21.6. The van der Waals surface area contributed by atoms with Crippen LogP contribution in [0, 0.1) is 6.92 Å². The Balaban J connectivity index is 1.83. The predicted octanol–water partition coefficient (Wildman–Crippen LogP) is 2.85. The summed E-state index contributed by atoms with van der Waals surface area (Å²) in [7, 11) is -3.91. The van der Waals surface area contributed by atoms with Crippen LogP contribution in [-0.4, -0.2) is 26.9 Å². The Labute approximate surface area is 177 Å². The van der Waals surface area contributed by atoms with Crippen molar-refractivity contribution >= 4 is 26.7 Å². The lowest BCUT2D eigenvalue weighted by molar-refractivity contribution is -0.123. The van der Waals surface area contributed by atoms with Gasteiger partial charge in [-0.15, -0.1) is 0 Å². The van der Waals surface area contributed by atoms with Gasteiger partial charge in [-0.3, -0.25) is 4.79 Å². The molecular formula is C23H27N3O3S. The van der Waals surface area contributed by atoms with Crippen LogP contribution < -0.4 is 15.8 Å². The highest BCUT2D eigenvalue weighted by Crippen LogP contribution is 2.26. The maximum absolute atomic E-state index is 13.2. The smallest absolute Gasteiger partial charge is 0.241 e. The number of amides is 1. The van der Waals surface area contributed by atoms with Crippen LogP contribution in [0.25, 0.3) is 10.8 Å². The number of rotatable bonds is 9. The molecule has 7 heteroatoms. The van der Waals surface area contributed by atoms with Crippen LogP contribution >= 0.6 is 0 Å². The van der Waals surface area contributed by atoms with Crippen molar-refractivity contribution in [3.05, 3.63) is 77.9 Å². The van der Waals surface area contributed by atoms with Crippen LogP contribution in [0.5, 0.6) is 0 Å². The first kappa shape index (κ1) is 22.0. The Bertz CT molecular complexity index is 1120. The Morgan fingerprint density at radius 3 is 2.33 bits per heavy atom. The van der Waals surface area contributed by atoms with Crippen molar-refractivity contribution in [1.82, 2.24) is 10.0 Å². The van der Waals surface area contributed by atoms with E-state index in [1.54, 1.807) is 24.3 Å². The summed E-state index contributed by atoms with van der Waals surface area (Å²) in [6.07, 6.45) is 0.848. The highest BCUT2D eigenvalue weighted by Gasteiger charge is 2.26. The minimum absolute atomic E-state index is 0.164. The molecule has 0 aliphatic rings. The van der Waals surface area contributed by atoms with Gasteiger partial charge in [0.05, 0.1) is 4.90 Å². The van der Waals surface area contributed by atoms with Gasteiger partial charge in [-0.25, -0.2) is 8.42 Å². The quantitative estimate of drug-likeness (QED) is 0.491. The summed E-state index contributed by atoms with van der Waals surface area (Å²) >= 11 is 0. The van der Waals surface area contributed by atoms with E-state index in [1.807, 2.05) is 49.4 Å². The number of carbonyl (C=O) groups is 1. The van der Waals surface area contributed by atoms with Gasteiger partial charge in [-0.2, -0.15) is 4.72 Å². The van der Waals surface area contributed by atoms with Crippen LogP contribution in [0.1, 0.15) is 24.0 Å². The van der Waals surface area contributed by atoms with Gasteiger partial charge in [0.2, 0.25) is 15.9 Å². The van der Waals surface area contributed by atoms with Crippen molar-refractivity contribution in [2.75, 3.05) is 6.54 Å². The first-order chi connectivity index (χ1) is 14.4. The molecule has 0 aliphatic carbocycles. The molecule has 4 N–H and O–H groups in total. The van der Waals surface area contributed by atoms with Crippen molar-refractivity contribution in [2.24, 2.45) is 5.73 Å². The number of sulfonamides is 1. The maximum atomic E-state index is 13.2. The third-order valence-corrected chi connectivity index (χ3v) is 6.54. The van der Waals surface area contributed by atoms with Crippen molar-refractivity contribution in [3.63, 3.8) is 0 Å². The fourth-order valence-corrected chi connectivity index (χ4v) is 4.82. The number of carbonyl (C=O) groups excluding carboxylic acids is 1. The number of aryl methyl sites for hydroxylation is 1. The molecular weight excluding hydrogens is 398 g/mol. The highest BCUT2D eigenvalue weighted by atomic mass is 32.2. The fourth-order valence-electron chi connectivity index (χ4n) is 3.38. The normalized spacial score (nSPS) is 12.6. The van der Waals surface area contributed by atoms with E-state index in [0.29, 0.717) is 31.3 Å². The molecule has 3 rings (SSSR count). The minimum Gasteiger partial charge on any atom is -0.351 e. The molecule has 6 nitrogen and oxygen atoms in total. The molecule has 0 saturated carbocycles. The average molecular weight is 426 g/mol. The number of nitrogens with two attached hydrogens (primary N) is 1. The van der Waals surface area contributed by atoms with Crippen LogP contribution in [0.3, 0.4) is 0 Å². The molecule has 0 saturated heterocycles.